The van der Waals surface area contributed by atoms with E-state index in [4.69, 9.17) is 0 Å². The van der Waals surface area contributed by atoms with Crippen molar-refractivity contribution >= 4 is 14.2 Å². The average Bonchev–Trinajstić information content (AvgIpc) is 2.45. The third-order valence-electron chi connectivity index (χ3n) is 1.85. The molecule has 0 radical (unpaired) electrons. The van der Waals surface area contributed by atoms with Crippen molar-refractivity contribution in [2.45, 2.75) is 19.6 Å². The predicted molar refractivity (Wildman–Crippen MR) is 55.1 cm³/mol. The Morgan fingerprint density at radius 2 is 2.07 bits per heavy atom. The van der Waals surface area contributed by atoms with Gasteiger partial charge in [-0.2, -0.15) is 0 Å². The van der Waals surface area contributed by atoms with E-state index in [0.29, 0.717) is 0 Å². The number of esters is 1. The molecule has 0 aliphatic rings. The van der Waals surface area contributed by atoms with Gasteiger partial charge < -0.3 is 14.0 Å². The Morgan fingerprint density at radius 1 is 1.50 bits per heavy atom. The summed E-state index contributed by atoms with van der Waals surface area (Å²) in [5.74, 6) is -0.515. The highest BCUT2D eigenvalue weighted by molar-refractivity contribution is 6.74. The SMILES string of the molecule is COC(=O)c1cn([Si](C)(C)C)c(=O)[nH]1. The normalized spacial score (nSPS) is 11.4. The van der Waals surface area contributed by atoms with Crippen LogP contribution in [0.15, 0.2) is 11.0 Å². The molecule has 1 N–H and O–H groups in total. The van der Waals surface area contributed by atoms with Gasteiger partial charge in [-0.3, -0.25) is 0 Å². The molecule has 0 amide bonds. The number of nitrogens with zero attached hydrogens (tertiary/aromatic N) is 1. The highest BCUT2D eigenvalue weighted by Gasteiger charge is 2.21. The van der Waals surface area contributed by atoms with Crippen LogP contribution in [0.3, 0.4) is 0 Å². The van der Waals surface area contributed by atoms with E-state index < -0.39 is 14.2 Å². The van der Waals surface area contributed by atoms with Gasteiger partial charge in [0.2, 0.25) is 0 Å². The Hall–Kier alpha value is -1.30. The molecule has 1 rings (SSSR count). The lowest BCUT2D eigenvalue weighted by Gasteiger charge is -2.15. The minimum atomic E-state index is -1.75. The van der Waals surface area contributed by atoms with E-state index in [1.807, 2.05) is 19.6 Å². The van der Waals surface area contributed by atoms with Gasteiger partial charge in [0.05, 0.1) is 7.11 Å². The lowest BCUT2D eigenvalue weighted by Crippen LogP contribution is -2.39. The van der Waals surface area contributed by atoms with Crippen LogP contribution in [0.1, 0.15) is 10.5 Å². The number of carbonyl (C=O) groups excluding carboxylic acids is 1. The van der Waals surface area contributed by atoms with E-state index in [-0.39, 0.29) is 11.4 Å². The zero-order chi connectivity index (χ0) is 10.9. The summed E-state index contributed by atoms with van der Waals surface area (Å²) in [6.45, 7) is 6.05. The number of hydrogen-bond donors (Lipinski definition) is 1. The Balaban J connectivity index is 3.19. The summed E-state index contributed by atoms with van der Waals surface area (Å²) >= 11 is 0. The Bertz CT molecular complexity index is 399. The maximum atomic E-state index is 11.4. The summed E-state index contributed by atoms with van der Waals surface area (Å²) in [6, 6.07) is 0. The molecule has 0 fully saturated rings. The molecule has 0 spiro atoms. The van der Waals surface area contributed by atoms with E-state index in [2.05, 4.69) is 9.72 Å². The number of aromatic amines is 1. The van der Waals surface area contributed by atoms with Crippen molar-refractivity contribution in [1.29, 1.82) is 0 Å². The Labute approximate surface area is 82.8 Å². The van der Waals surface area contributed by atoms with Crippen LogP contribution in [0.2, 0.25) is 19.6 Å². The van der Waals surface area contributed by atoms with Gasteiger partial charge in [-0.15, -0.1) is 0 Å². The minimum Gasteiger partial charge on any atom is -0.464 e. The van der Waals surface area contributed by atoms with Gasteiger partial charge in [0.25, 0.3) is 0 Å². The van der Waals surface area contributed by atoms with Crippen LogP contribution in [-0.4, -0.2) is 30.5 Å². The average molecular weight is 214 g/mol. The van der Waals surface area contributed by atoms with Crippen molar-refractivity contribution in [1.82, 2.24) is 9.22 Å². The molecule has 0 unspecified atom stereocenters. The van der Waals surface area contributed by atoms with Crippen LogP contribution in [0.25, 0.3) is 0 Å². The van der Waals surface area contributed by atoms with E-state index in [1.54, 1.807) is 4.23 Å². The topological polar surface area (TPSA) is 64.1 Å². The van der Waals surface area contributed by atoms with Crippen LogP contribution in [-0.2, 0) is 4.74 Å². The molecule has 0 saturated carbocycles. The predicted octanol–water partition coefficient (Wildman–Crippen LogP) is 0.646. The molecule has 1 aromatic heterocycles. The zero-order valence-corrected chi connectivity index (χ0v) is 9.75. The van der Waals surface area contributed by atoms with Crippen molar-refractivity contribution in [3.8, 4) is 0 Å². The molecule has 1 heterocycles. The zero-order valence-electron chi connectivity index (χ0n) is 8.75. The summed E-state index contributed by atoms with van der Waals surface area (Å²) in [5, 5.41) is 0. The Kier molecular flexibility index (Phi) is 2.66. The van der Waals surface area contributed by atoms with E-state index in [9.17, 15) is 9.59 Å². The molecular weight excluding hydrogens is 200 g/mol. The summed E-state index contributed by atoms with van der Waals surface area (Å²) in [7, 11) is -0.466. The number of imidazole rings is 1. The molecule has 0 aliphatic carbocycles. The van der Waals surface area contributed by atoms with Crippen LogP contribution in [0.4, 0.5) is 0 Å². The number of hydrogen-bond acceptors (Lipinski definition) is 3. The third kappa shape index (κ3) is 1.95. The van der Waals surface area contributed by atoms with Gasteiger partial charge in [0, 0.05) is 6.20 Å². The molecule has 0 bridgehead atoms. The highest BCUT2D eigenvalue weighted by Crippen LogP contribution is 2.04. The molecule has 1 aromatic rings. The summed E-state index contributed by atoms with van der Waals surface area (Å²) in [6.07, 6.45) is 1.53. The van der Waals surface area contributed by atoms with Crippen molar-refractivity contribution in [3.63, 3.8) is 0 Å². The highest BCUT2D eigenvalue weighted by atomic mass is 28.3. The van der Waals surface area contributed by atoms with Gasteiger partial charge in [0.1, 0.15) is 5.69 Å². The first-order valence-electron chi connectivity index (χ1n) is 4.26. The fraction of sp³-hybridized carbons (Fsp3) is 0.500. The van der Waals surface area contributed by atoms with Crippen LogP contribution in [0.5, 0.6) is 0 Å². The molecule has 6 heteroatoms. The quantitative estimate of drug-likeness (QED) is 0.580. The van der Waals surface area contributed by atoms with Crippen LogP contribution >= 0.6 is 0 Å². The monoisotopic (exact) mass is 214 g/mol. The molecule has 14 heavy (non-hydrogen) atoms. The summed E-state index contributed by atoms with van der Waals surface area (Å²) < 4.78 is 6.11. The molecular formula is C8H14N2O3Si. The molecule has 0 aromatic carbocycles. The van der Waals surface area contributed by atoms with Gasteiger partial charge >= 0.3 is 11.7 Å². The van der Waals surface area contributed by atoms with E-state index >= 15 is 0 Å². The first kappa shape index (κ1) is 10.8. The maximum Gasteiger partial charge on any atom is 0.356 e. The molecule has 0 atom stereocenters. The first-order chi connectivity index (χ1) is 6.36. The number of carbonyl (C=O) groups is 1. The number of rotatable bonds is 2. The van der Waals surface area contributed by atoms with Crippen LogP contribution in [0, 0.1) is 0 Å². The summed E-state index contributed by atoms with van der Waals surface area (Å²) in [4.78, 5) is 25.0. The number of ether oxygens (including phenoxy) is 1. The number of nitrogens with one attached hydrogen (secondary N) is 1. The van der Waals surface area contributed by atoms with Gasteiger partial charge in [-0.1, -0.05) is 19.6 Å². The minimum absolute atomic E-state index is 0.208. The van der Waals surface area contributed by atoms with Crippen molar-refractivity contribution in [3.05, 3.63) is 22.4 Å². The summed E-state index contributed by atoms with van der Waals surface area (Å²) in [5.41, 5.74) is -0.0375. The lowest BCUT2D eigenvalue weighted by atomic mass is 10.5. The molecule has 0 saturated heterocycles. The standard InChI is InChI=1S/C8H14N2O3Si/c1-13-7(11)6-5-10(8(12)9-6)14(2,3)4/h5H,1-4H3,(H,9,12). The largest absolute Gasteiger partial charge is 0.464 e. The lowest BCUT2D eigenvalue weighted by molar-refractivity contribution is 0.0594. The second kappa shape index (κ2) is 3.45. The van der Waals surface area contributed by atoms with Gasteiger partial charge in [0.15, 0.2) is 8.24 Å². The van der Waals surface area contributed by atoms with Crippen molar-refractivity contribution in [2.75, 3.05) is 7.11 Å². The third-order valence-corrected chi connectivity index (χ3v) is 3.62. The smallest absolute Gasteiger partial charge is 0.356 e. The molecule has 78 valence electrons. The Morgan fingerprint density at radius 3 is 2.43 bits per heavy atom. The van der Waals surface area contributed by atoms with E-state index in [0.717, 1.165) is 0 Å². The second-order valence-electron chi connectivity index (χ2n) is 4.01. The molecule has 0 aliphatic heterocycles. The second-order valence-corrected chi connectivity index (χ2v) is 8.83. The maximum absolute atomic E-state index is 11.4. The van der Waals surface area contributed by atoms with Crippen LogP contribution < -0.4 is 5.69 Å². The van der Waals surface area contributed by atoms with Gasteiger partial charge in [-0.05, 0) is 0 Å². The van der Waals surface area contributed by atoms with Crippen molar-refractivity contribution < 1.29 is 9.53 Å². The number of aromatic nitrogens is 2. The fourth-order valence-electron chi connectivity index (χ4n) is 1.11. The first-order valence-corrected chi connectivity index (χ1v) is 7.71. The van der Waals surface area contributed by atoms with E-state index in [1.165, 1.54) is 13.3 Å². The van der Waals surface area contributed by atoms with Crippen molar-refractivity contribution in [2.24, 2.45) is 0 Å². The van der Waals surface area contributed by atoms with Gasteiger partial charge in [-0.25, -0.2) is 9.59 Å². The number of H-pyrrole nitrogens is 1. The number of methoxy groups -OCH3 is 1. The molecule has 5 nitrogen and oxygen atoms in total. The fourth-order valence-corrected chi connectivity index (χ4v) is 2.29.